The van der Waals surface area contributed by atoms with Crippen LogP contribution in [0.15, 0.2) is 24.4 Å². The minimum atomic E-state index is -0.376. The Kier molecular flexibility index (Phi) is 4.02. The summed E-state index contributed by atoms with van der Waals surface area (Å²) in [5, 5.41) is 14.9. The van der Waals surface area contributed by atoms with Gasteiger partial charge in [0.2, 0.25) is 0 Å². The fraction of sp³-hybridized carbons (Fsp3) is 0.556. The van der Waals surface area contributed by atoms with Gasteiger partial charge in [-0.1, -0.05) is 6.07 Å². The Morgan fingerprint density at radius 3 is 2.79 bits per heavy atom. The van der Waals surface area contributed by atoms with E-state index in [1.807, 2.05) is 25.2 Å². The average molecular weight is 327 g/mol. The molecule has 6 heteroatoms. The van der Waals surface area contributed by atoms with Gasteiger partial charge in [0.25, 0.3) is 0 Å². The number of rotatable bonds is 5. The molecule has 2 aliphatic rings. The third kappa shape index (κ3) is 3.16. The summed E-state index contributed by atoms with van der Waals surface area (Å²) in [5.74, 6) is 1.41. The van der Waals surface area contributed by atoms with Gasteiger partial charge < -0.3 is 10.0 Å². The Balaban J connectivity index is 1.42. The highest BCUT2D eigenvalue weighted by atomic mass is 16.3. The van der Waals surface area contributed by atoms with Gasteiger partial charge in [0.05, 0.1) is 17.9 Å². The van der Waals surface area contributed by atoms with Crippen LogP contribution in [0.4, 0.5) is 5.82 Å². The number of aromatic nitrogens is 3. The molecule has 0 amide bonds. The molecular formula is C18H25N5O. The number of aliphatic hydroxyl groups is 1. The Hall–Kier alpha value is -1.92. The first kappa shape index (κ1) is 15.6. The van der Waals surface area contributed by atoms with Crippen molar-refractivity contribution in [2.24, 2.45) is 5.92 Å². The zero-order valence-electron chi connectivity index (χ0n) is 14.4. The van der Waals surface area contributed by atoms with E-state index in [1.165, 1.54) is 11.3 Å². The average Bonchev–Trinajstić information content (AvgIpc) is 3.34. The zero-order valence-corrected chi connectivity index (χ0v) is 14.4. The van der Waals surface area contributed by atoms with Crippen LogP contribution in [0.2, 0.25) is 0 Å². The lowest BCUT2D eigenvalue weighted by molar-refractivity contribution is 0.147. The second-order valence-electron chi connectivity index (χ2n) is 7.20. The molecule has 2 aromatic rings. The lowest BCUT2D eigenvalue weighted by atomic mass is 10.1. The Morgan fingerprint density at radius 1 is 1.29 bits per heavy atom. The molecule has 0 aromatic carbocycles. The molecule has 6 nitrogen and oxygen atoms in total. The van der Waals surface area contributed by atoms with Crippen LogP contribution in [0.25, 0.3) is 0 Å². The Morgan fingerprint density at radius 2 is 2.12 bits per heavy atom. The minimum absolute atomic E-state index is 0.376. The largest absolute Gasteiger partial charge is 0.386 e. The summed E-state index contributed by atoms with van der Waals surface area (Å²) < 4.78 is 2.06. The first-order valence-electron chi connectivity index (χ1n) is 8.69. The van der Waals surface area contributed by atoms with Gasteiger partial charge >= 0.3 is 0 Å². The summed E-state index contributed by atoms with van der Waals surface area (Å²) in [6.07, 6.45) is 3.85. The van der Waals surface area contributed by atoms with Crippen LogP contribution < -0.4 is 4.90 Å². The second-order valence-corrected chi connectivity index (χ2v) is 7.20. The quantitative estimate of drug-likeness (QED) is 0.907. The third-order valence-electron chi connectivity index (χ3n) is 4.94. The van der Waals surface area contributed by atoms with Crippen molar-refractivity contribution in [3.05, 3.63) is 41.3 Å². The maximum absolute atomic E-state index is 10.3. The van der Waals surface area contributed by atoms with Crippen LogP contribution in [-0.2, 0) is 19.6 Å². The number of anilines is 1. The highest BCUT2D eigenvalue weighted by Crippen LogP contribution is 2.40. The highest BCUT2D eigenvalue weighted by molar-refractivity contribution is 5.37. The minimum Gasteiger partial charge on any atom is -0.386 e. The number of pyridine rings is 1. The van der Waals surface area contributed by atoms with E-state index >= 15 is 0 Å². The SMILES string of the molecule is CN(C)c1ccc(CN2CCn3nc([C@H](O)C4CC4)cc3C2)cn1. The summed E-state index contributed by atoms with van der Waals surface area (Å²) in [7, 11) is 4.00. The molecule has 0 bridgehead atoms. The summed E-state index contributed by atoms with van der Waals surface area (Å²) in [6.45, 7) is 3.63. The lowest BCUT2D eigenvalue weighted by Crippen LogP contribution is -2.33. The smallest absolute Gasteiger partial charge is 0.127 e. The van der Waals surface area contributed by atoms with E-state index in [1.54, 1.807) is 0 Å². The maximum atomic E-state index is 10.3. The van der Waals surface area contributed by atoms with Gasteiger partial charge in [0.1, 0.15) is 11.9 Å². The van der Waals surface area contributed by atoms with Crippen LogP contribution in [-0.4, -0.2) is 45.4 Å². The molecule has 1 N–H and O–H groups in total. The van der Waals surface area contributed by atoms with Gasteiger partial charge in [0.15, 0.2) is 0 Å². The van der Waals surface area contributed by atoms with Crippen molar-refractivity contribution < 1.29 is 5.11 Å². The Bertz CT molecular complexity index is 705. The predicted octanol–water partition coefficient (Wildman–Crippen LogP) is 1.80. The maximum Gasteiger partial charge on any atom is 0.127 e. The van der Waals surface area contributed by atoms with Crippen molar-refractivity contribution in [3.8, 4) is 0 Å². The van der Waals surface area contributed by atoms with Gasteiger partial charge in [-0.15, -0.1) is 0 Å². The number of hydrogen-bond acceptors (Lipinski definition) is 5. The van der Waals surface area contributed by atoms with Gasteiger partial charge in [-0.25, -0.2) is 4.98 Å². The number of aliphatic hydroxyl groups excluding tert-OH is 1. The predicted molar refractivity (Wildman–Crippen MR) is 92.6 cm³/mol. The molecule has 128 valence electrons. The topological polar surface area (TPSA) is 57.4 Å². The standard InChI is InChI=1S/C18H25N5O/c1-21(2)17-6-3-13(10-19-17)11-22-7-8-23-15(12-22)9-16(20-23)18(24)14-4-5-14/h3,6,9-10,14,18,24H,4-5,7-8,11-12H2,1-2H3/t18-/m1/s1. The van der Waals surface area contributed by atoms with E-state index in [0.717, 1.165) is 50.5 Å². The summed E-state index contributed by atoms with van der Waals surface area (Å²) in [4.78, 5) is 8.91. The molecule has 24 heavy (non-hydrogen) atoms. The monoisotopic (exact) mass is 327 g/mol. The molecule has 1 aliphatic carbocycles. The summed E-state index contributed by atoms with van der Waals surface area (Å²) in [5.41, 5.74) is 3.28. The number of hydrogen-bond donors (Lipinski definition) is 1. The first-order valence-corrected chi connectivity index (χ1v) is 8.69. The molecule has 1 saturated carbocycles. The molecule has 1 atom stereocenters. The van der Waals surface area contributed by atoms with Crippen LogP contribution >= 0.6 is 0 Å². The molecule has 1 fully saturated rings. The van der Waals surface area contributed by atoms with E-state index in [2.05, 4.69) is 37.9 Å². The van der Waals surface area contributed by atoms with Crippen LogP contribution in [0.3, 0.4) is 0 Å². The lowest BCUT2D eigenvalue weighted by Gasteiger charge is -2.27. The van der Waals surface area contributed by atoms with Crippen molar-refractivity contribution >= 4 is 5.82 Å². The zero-order chi connectivity index (χ0) is 16.7. The van der Waals surface area contributed by atoms with E-state index < -0.39 is 0 Å². The van der Waals surface area contributed by atoms with Crippen LogP contribution in [0.5, 0.6) is 0 Å². The normalized spacial score (nSPS) is 19.1. The fourth-order valence-electron chi connectivity index (χ4n) is 3.31. The molecule has 1 aliphatic heterocycles. The highest BCUT2D eigenvalue weighted by Gasteiger charge is 2.33. The first-order chi connectivity index (χ1) is 11.6. The van der Waals surface area contributed by atoms with Crippen LogP contribution in [0.1, 0.15) is 35.9 Å². The molecule has 0 saturated heterocycles. The third-order valence-corrected chi connectivity index (χ3v) is 4.94. The molecule has 0 spiro atoms. The molecule has 2 aromatic heterocycles. The molecule has 0 radical (unpaired) electrons. The van der Waals surface area contributed by atoms with Gasteiger partial charge in [-0.2, -0.15) is 5.10 Å². The van der Waals surface area contributed by atoms with Crippen molar-refractivity contribution in [2.75, 3.05) is 25.5 Å². The van der Waals surface area contributed by atoms with E-state index in [-0.39, 0.29) is 6.10 Å². The van der Waals surface area contributed by atoms with E-state index in [9.17, 15) is 5.11 Å². The summed E-state index contributed by atoms with van der Waals surface area (Å²) >= 11 is 0. The van der Waals surface area contributed by atoms with Crippen LogP contribution in [0, 0.1) is 5.92 Å². The molecule has 4 rings (SSSR count). The van der Waals surface area contributed by atoms with Gasteiger partial charge in [-0.05, 0) is 36.5 Å². The molecule has 3 heterocycles. The Labute approximate surface area is 142 Å². The van der Waals surface area contributed by atoms with Crippen molar-refractivity contribution in [3.63, 3.8) is 0 Å². The van der Waals surface area contributed by atoms with Gasteiger partial charge in [0, 0.05) is 39.9 Å². The fourth-order valence-corrected chi connectivity index (χ4v) is 3.31. The summed E-state index contributed by atoms with van der Waals surface area (Å²) in [6, 6.07) is 6.30. The van der Waals surface area contributed by atoms with E-state index in [0.29, 0.717) is 5.92 Å². The number of fused-ring (bicyclic) bond motifs is 1. The van der Waals surface area contributed by atoms with Crippen molar-refractivity contribution in [2.45, 2.75) is 38.6 Å². The van der Waals surface area contributed by atoms with E-state index in [4.69, 9.17) is 0 Å². The van der Waals surface area contributed by atoms with Crippen molar-refractivity contribution in [1.82, 2.24) is 19.7 Å². The molecule has 0 unspecified atom stereocenters. The van der Waals surface area contributed by atoms with Gasteiger partial charge in [-0.3, -0.25) is 9.58 Å². The second kappa shape index (κ2) is 6.18. The van der Waals surface area contributed by atoms with Crippen molar-refractivity contribution in [1.29, 1.82) is 0 Å². The number of nitrogens with zero attached hydrogens (tertiary/aromatic N) is 5. The molecular weight excluding hydrogens is 302 g/mol.